The summed E-state index contributed by atoms with van der Waals surface area (Å²) in [7, 11) is 0. The summed E-state index contributed by atoms with van der Waals surface area (Å²) in [6.45, 7) is 3.71. The zero-order chi connectivity index (χ0) is 13.2. The predicted molar refractivity (Wildman–Crippen MR) is 65.0 cm³/mol. The molecule has 0 aromatic heterocycles. The van der Waals surface area contributed by atoms with Gasteiger partial charge in [-0.15, -0.1) is 12.4 Å². The van der Waals surface area contributed by atoms with E-state index in [1.165, 1.54) is 0 Å². The highest BCUT2D eigenvalue weighted by atomic mass is 35.5. The summed E-state index contributed by atoms with van der Waals surface area (Å²) in [5.41, 5.74) is 4.67. The first-order valence-electron chi connectivity index (χ1n) is 5.34. The van der Waals surface area contributed by atoms with Crippen molar-refractivity contribution >= 4 is 12.4 Å². The third kappa shape index (κ3) is 4.46. The van der Waals surface area contributed by atoms with Crippen molar-refractivity contribution in [1.82, 2.24) is 0 Å². The van der Waals surface area contributed by atoms with E-state index in [1.807, 2.05) is 13.8 Å². The summed E-state index contributed by atoms with van der Waals surface area (Å²) >= 11 is 0. The molecule has 18 heavy (non-hydrogen) atoms. The van der Waals surface area contributed by atoms with E-state index in [1.54, 1.807) is 0 Å². The first-order valence-corrected chi connectivity index (χ1v) is 5.34. The van der Waals surface area contributed by atoms with Crippen LogP contribution in [0.15, 0.2) is 18.2 Å². The van der Waals surface area contributed by atoms with Crippen LogP contribution in [0.25, 0.3) is 0 Å². The van der Waals surface area contributed by atoms with Crippen LogP contribution in [0.5, 0.6) is 0 Å². The van der Waals surface area contributed by atoms with Gasteiger partial charge in [0.1, 0.15) is 5.82 Å². The zero-order valence-corrected chi connectivity index (χ0v) is 10.9. The number of halogens is 5. The van der Waals surface area contributed by atoms with Gasteiger partial charge in [-0.1, -0.05) is 13.8 Å². The Bertz CT molecular complexity index is 390. The van der Waals surface area contributed by atoms with Gasteiger partial charge >= 0.3 is 6.18 Å². The van der Waals surface area contributed by atoms with Crippen molar-refractivity contribution in [1.29, 1.82) is 0 Å². The van der Waals surface area contributed by atoms with Crippen molar-refractivity contribution in [2.24, 2.45) is 11.7 Å². The topological polar surface area (TPSA) is 26.0 Å². The predicted octanol–water partition coefficient (Wildman–Crippen LogP) is 4.31. The van der Waals surface area contributed by atoms with E-state index >= 15 is 0 Å². The molecule has 0 aliphatic heterocycles. The maximum atomic E-state index is 13.0. The summed E-state index contributed by atoms with van der Waals surface area (Å²) in [6, 6.07) is 1.61. The maximum absolute atomic E-state index is 13.0. The van der Waals surface area contributed by atoms with Gasteiger partial charge in [-0.25, -0.2) is 4.39 Å². The SMILES string of the molecule is CC(C)C[C@H](N)c1cc(F)ccc1C(F)(F)F.Cl. The molecule has 0 saturated carbocycles. The molecule has 0 unspecified atom stereocenters. The number of nitrogens with two attached hydrogens (primary N) is 1. The number of hydrogen-bond donors (Lipinski definition) is 1. The first-order chi connectivity index (χ1) is 7.71. The van der Waals surface area contributed by atoms with E-state index in [0.717, 1.165) is 18.2 Å². The summed E-state index contributed by atoms with van der Waals surface area (Å²) in [5.74, 6) is -0.554. The Kier molecular flexibility index (Phi) is 6.10. The Morgan fingerprint density at radius 1 is 1.22 bits per heavy atom. The van der Waals surface area contributed by atoms with Crippen LogP contribution in [-0.2, 0) is 6.18 Å². The van der Waals surface area contributed by atoms with Gasteiger partial charge in [0.2, 0.25) is 0 Å². The molecular weight excluding hydrogens is 270 g/mol. The highest BCUT2D eigenvalue weighted by Gasteiger charge is 2.34. The molecule has 0 fully saturated rings. The quantitative estimate of drug-likeness (QED) is 0.823. The molecule has 0 bridgehead atoms. The molecule has 1 aromatic carbocycles. The van der Waals surface area contributed by atoms with Crippen LogP contribution in [0.2, 0.25) is 0 Å². The second-order valence-electron chi connectivity index (χ2n) is 4.47. The van der Waals surface area contributed by atoms with Gasteiger partial charge in [0.15, 0.2) is 0 Å². The van der Waals surface area contributed by atoms with Crippen molar-refractivity contribution in [2.75, 3.05) is 0 Å². The van der Waals surface area contributed by atoms with Crippen molar-refractivity contribution in [2.45, 2.75) is 32.5 Å². The minimum absolute atomic E-state index is 0. The molecule has 0 aliphatic carbocycles. The fraction of sp³-hybridized carbons (Fsp3) is 0.500. The van der Waals surface area contributed by atoms with Gasteiger partial charge in [-0.3, -0.25) is 0 Å². The number of rotatable bonds is 3. The van der Waals surface area contributed by atoms with E-state index in [4.69, 9.17) is 5.73 Å². The van der Waals surface area contributed by atoms with Crippen LogP contribution in [0.1, 0.15) is 37.4 Å². The van der Waals surface area contributed by atoms with Crippen molar-refractivity contribution in [3.63, 3.8) is 0 Å². The summed E-state index contributed by atoms with van der Waals surface area (Å²) in [6.07, 6.45) is -4.12. The van der Waals surface area contributed by atoms with Gasteiger partial charge in [0, 0.05) is 6.04 Å². The third-order valence-electron chi connectivity index (χ3n) is 2.44. The minimum atomic E-state index is -4.50. The molecule has 0 radical (unpaired) electrons. The average Bonchev–Trinajstić information content (AvgIpc) is 2.14. The van der Waals surface area contributed by atoms with E-state index in [0.29, 0.717) is 6.42 Å². The highest BCUT2D eigenvalue weighted by Crippen LogP contribution is 2.35. The Balaban J connectivity index is 0.00000289. The molecule has 0 amide bonds. The van der Waals surface area contributed by atoms with Crippen LogP contribution in [0.4, 0.5) is 17.6 Å². The maximum Gasteiger partial charge on any atom is 0.416 e. The standard InChI is InChI=1S/C12H15F4N.ClH/c1-7(2)5-11(17)9-6-8(13)3-4-10(9)12(14,15)16;/h3-4,6-7,11H,5,17H2,1-2H3;1H/t11-;/m0./s1. The lowest BCUT2D eigenvalue weighted by atomic mass is 9.94. The van der Waals surface area contributed by atoms with E-state index < -0.39 is 23.6 Å². The van der Waals surface area contributed by atoms with Gasteiger partial charge in [0.05, 0.1) is 5.56 Å². The van der Waals surface area contributed by atoms with E-state index in [2.05, 4.69) is 0 Å². The average molecular weight is 286 g/mol. The molecule has 6 heteroatoms. The Morgan fingerprint density at radius 3 is 2.22 bits per heavy atom. The number of alkyl halides is 3. The first kappa shape index (κ1) is 17.2. The monoisotopic (exact) mass is 285 g/mol. The van der Waals surface area contributed by atoms with Crippen LogP contribution < -0.4 is 5.73 Å². The van der Waals surface area contributed by atoms with Crippen molar-refractivity contribution < 1.29 is 17.6 Å². The zero-order valence-electron chi connectivity index (χ0n) is 10.1. The molecule has 1 rings (SSSR count). The normalized spacial score (nSPS) is 13.3. The molecule has 1 aromatic rings. The summed E-state index contributed by atoms with van der Waals surface area (Å²) in [4.78, 5) is 0. The minimum Gasteiger partial charge on any atom is -0.324 e. The number of hydrogen-bond acceptors (Lipinski definition) is 1. The lowest BCUT2D eigenvalue weighted by Gasteiger charge is -2.19. The summed E-state index contributed by atoms with van der Waals surface area (Å²) < 4.78 is 51.1. The van der Waals surface area contributed by atoms with Crippen molar-refractivity contribution in [3.8, 4) is 0 Å². The molecule has 0 heterocycles. The Labute approximate surface area is 110 Å². The molecule has 1 atom stereocenters. The molecule has 0 saturated heterocycles. The summed E-state index contributed by atoms with van der Waals surface area (Å²) in [5, 5.41) is 0. The molecule has 0 aliphatic rings. The fourth-order valence-electron chi connectivity index (χ4n) is 1.73. The van der Waals surface area contributed by atoms with Crippen LogP contribution in [0.3, 0.4) is 0 Å². The van der Waals surface area contributed by atoms with Crippen molar-refractivity contribution in [3.05, 3.63) is 35.1 Å². The molecule has 2 N–H and O–H groups in total. The smallest absolute Gasteiger partial charge is 0.324 e. The van der Waals surface area contributed by atoms with Crippen LogP contribution in [-0.4, -0.2) is 0 Å². The third-order valence-corrected chi connectivity index (χ3v) is 2.44. The Hall–Kier alpha value is -0.810. The molecule has 0 spiro atoms. The fourth-order valence-corrected chi connectivity index (χ4v) is 1.73. The lowest BCUT2D eigenvalue weighted by Crippen LogP contribution is -2.19. The lowest BCUT2D eigenvalue weighted by molar-refractivity contribution is -0.138. The largest absolute Gasteiger partial charge is 0.416 e. The Morgan fingerprint density at radius 2 is 1.78 bits per heavy atom. The number of benzene rings is 1. The second-order valence-corrected chi connectivity index (χ2v) is 4.47. The van der Waals surface area contributed by atoms with Crippen LogP contribution >= 0.6 is 12.4 Å². The van der Waals surface area contributed by atoms with Gasteiger partial charge in [-0.2, -0.15) is 13.2 Å². The van der Waals surface area contributed by atoms with Gasteiger partial charge in [0.25, 0.3) is 0 Å². The second kappa shape index (κ2) is 6.38. The van der Waals surface area contributed by atoms with E-state index in [-0.39, 0.29) is 23.9 Å². The molecule has 1 nitrogen and oxygen atoms in total. The van der Waals surface area contributed by atoms with Gasteiger partial charge < -0.3 is 5.73 Å². The van der Waals surface area contributed by atoms with E-state index in [9.17, 15) is 17.6 Å². The van der Waals surface area contributed by atoms with Gasteiger partial charge in [-0.05, 0) is 36.1 Å². The molecule has 104 valence electrons. The van der Waals surface area contributed by atoms with Crippen LogP contribution in [0, 0.1) is 11.7 Å². The molecular formula is C12H16ClF4N. The highest BCUT2D eigenvalue weighted by molar-refractivity contribution is 5.85.